The smallest absolute Gasteiger partial charge is 0.288 e. The molecule has 4 rings (SSSR count). The minimum Gasteiger partial charge on any atom is -0.288 e. The molecule has 0 unspecified atom stereocenters. The number of fused-ring (bicyclic) bond motifs is 1. The Bertz CT molecular complexity index is 1240. The molecule has 0 saturated carbocycles. The number of aryl methyl sites for hydroxylation is 1. The molecule has 2 aromatic carbocycles. The summed E-state index contributed by atoms with van der Waals surface area (Å²) in [4.78, 5) is 26.2. The van der Waals surface area contributed by atoms with Crippen LogP contribution in [0, 0.1) is 6.92 Å². The normalized spacial score (nSPS) is 11.2. The summed E-state index contributed by atoms with van der Waals surface area (Å²) in [6.45, 7) is 2.19. The largest absolute Gasteiger partial charge is 0.336 e. The maximum absolute atomic E-state index is 13.3. The van der Waals surface area contributed by atoms with E-state index in [9.17, 15) is 9.59 Å². The van der Waals surface area contributed by atoms with E-state index < -0.39 is 0 Å². The van der Waals surface area contributed by atoms with E-state index in [4.69, 9.17) is 11.6 Å². The fourth-order valence-electron chi connectivity index (χ4n) is 3.06. The monoisotopic (exact) mass is 382 g/mol. The van der Waals surface area contributed by atoms with Crippen LogP contribution in [0.1, 0.15) is 11.1 Å². The Kier molecular flexibility index (Phi) is 4.26. The van der Waals surface area contributed by atoms with Crippen molar-refractivity contribution in [1.29, 1.82) is 0 Å². The van der Waals surface area contributed by atoms with Crippen molar-refractivity contribution in [1.82, 2.24) is 9.13 Å². The summed E-state index contributed by atoms with van der Waals surface area (Å²) >= 11 is 7.62. The van der Waals surface area contributed by atoms with Gasteiger partial charge in [0.05, 0.1) is 17.7 Å². The van der Waals surface area contributed by atoms with Crippen molar-refractivity contribution >= 4 is 33.2 Å². The summed E-state index contributed by atoms with van der Waals surface area (Å²) in [6, 6.07) is 16.6. The first-order chi connectivity index (χ1) is 12.6. The fourth-order valence-corrected chi connectivity index (χ4v) is 4.08. The van der Waals surface area contributed by atoms with Gasteiger partial charge >= 0.3 is 5.69 Å². The van der Waals surface area contributed by atoms with E-state index in [-0.39, 0.29) is 11.2 Å². The molecule has 0 aliphatic heterocycles. The molecule has 4 nitrogen and oxygen atoms in total. The van der Waals surface area contributed by atoms with E-state index in [2.05, 4.69) is 0 Å². The lowest BCUT2D eigenvalue weighted by Crippen LogP contribution is -2.39. The van der Waals surface area contributed by atoms with E-state index in [1.807, 2.05) is 54.8 Å². The van der Waals surface area contributed by atoms with Crippen molar-refractivity contribution in [3.63, 3.8) is 0 Å². The lowest BCUT2D eigenvalue weighted by Gasteiger charge is -2.14. The van der Waals surface area contributed by atoms with Crippen LogP contribution in [0.15, 0.2) is 69.6 Å². The molecule has 0 amide bonds. The lowest BCUT2D eigenvalue weighted by atomic mass is 10.2. The van der Waals surface area contributed by atoms with Crippen LogP contribution in [0.4, 0.5) is 0 Å². The average molecular weight is 383 g/mol. The van der Waals surface area contributed by atoms with Crippen LogP contribution in [0.2, 0.25) is 5.02 Å². The molecule has 6 heteroatoms. The third-order valence-corrected chi connectivity index (χ3v) is 5.66. The molecular weight excluding hydrogens is 368 g/mol. The summed E-state index contributed by atoms with van der Waals surface area (Å²) in [5.41, 5.74) is 2.28. The Hall–Kier alpha value is -2.63. The van der Waals surface area contributed by atoms with Crippen molar-refractivity contribution in [2.75, 3.05) is 0 Å². The number of benzene rings is 2. The highest BCUT2D eigenvalue weighted by Gasteiger charge is 2.17. The number of nitrogens with zero attached hydrogens (tertiary/aromatic N) is 2. The molecule has 0 aliphatic rings. The predicted molar refractivity (Wildman–Crippen MR) is 107 cm³/mol. The van der Waals surface area contributed by atoms with Gasteiger partial charge in [0.1, 0.15) is 4.70 Å². The first-order valence-corrected chi connectivity index (χ1v) is 9.36. The summed E-state index contributed by atoms with van der Waals surface area (Å²) in [7, 11) is 0. The van der Waals surface area contributed by atoms with Gasteiger partial charge in [0.15, 0.2) is 0 Å². The van der Waals surface area contributed by atoms with Crippen molar-refractivity contribution in [3.05, 3.63) is 97.0 Å². The number of para-hydroxylation sites is 1. The fraction of sp³-hybridized carbons (Fsp3) is 0.100. The average Bonchev–Trinajstić information content (AvgIpc) is 3.12. The number of hydrogen-bond donors (Lipinski definition) is 0. The third-order valence-electron chi connectivity index (χ3n) is 4.40. The summed E-state index contributed by atoms with van der Waals surface area (Å²) in [5, 5.41) is 2.42. The van der Waals surface area contributed by atoms with Gasteiger partial charge in [0, 0.05) is 5.02 Å². The van der Waals surface area contributed by atoms with Crippen LogP contribution < -0.4 is 11.2 Å². The van der Waals surface area contributed by atoms with Gasteiger partial charge < -0.3 is 0 Å². The van der Waals surface area contributed by atoms with E-state index in [1.54, 1.807) is 16.7 Å². The lowest BCUT2D eigenvalue weighted by molar-refractivity contribution is 0.715. The number of hydrogen-bond acceptors (Lipinski definition) is 3. The summed E-state index contributed by atoms with van der Waals surface area (Å²) < 4.78 is 3.42. The SMILES string of the molecule is Cc1ccccc1-n1c(=O)c2sccc2n(Cc2ccccc2Cl)c1=O. The molecule has 2 heterocycles. The van der Waals surface area contributed by atoms with Gasteiger partial charge in [-0.2, -0.15) is 0 Å². The van der Waals surface area contributed by atoms with Gasteiger partial charge in [-0.05, 0) is 41.6 Å². The molecule has 0 aliphatic carbocycles. The first-order valence-electron chi connectivity index (χ1n) is 8.10. The Morgan fingerprint density at radius 2 is 1.73 bits per heavy atom. The van der Waals surface area contributed by atoms with Crippen LogP contribution in [0.5, 0.6) is 0 Å². The number of rotatable bonds is 3. The zero-order valence-corrected chi connectivity index (χ0v) is 15.6. The van der Waals surface area contributed by atoms with Gasteiger partial charge in [0.2, 0.25) is 0 Å². The topological polar surface area (TPSA) is 44.0 Å². The van der Waals surface area contributed by atoms with Gasteiger partial charge in [0.25, 0.3) is 5.56 Å². The van der Waals surface area contributed by atoms with Gasteiger partial charge in [-0.3, -0.25) is 9.36 Å². The third kappa shape index (κ3) is 2.69. The van der Waals surface area contributed by atoms with E-state index >= 15 is 0 Å². The highest BCUT2D eigenvalue weighted by Crippen LogP contribution is 2.21. The second kappa shape index (κ2) is 6.59. The molecule has 2 aromatic heterocycles. The zero-order valence-electron chi connectivity index (χ0n) is 14.0. The Balaban J connectivity index is 2.04. The van der Waals surface area contributed by atoms with Gasteiger partial charge in [-0.1, -0.05) is 48.0 Å². The Labute approximate surface area is 158 Å². The van der Waals surface area contributed by atoms with Crippen LogP contribution in [-0.4, -0.2) is 9.13 Å². The maximum atomic E-state index is 13.3. The zero-order chi connectivity index (χ0) is 18.3. The predicted octanol–water partition coefficient (Wildman–Crippen LogP) is 4.22. The first kappa shape index (κ1) is 16.8. The Morgan fingerprint density at radius 1 is 1.00 bits per heavy atom. The molecule has 0 radical (unpaired) electrons. The van der Waals surface area contributed by atoms with Gasteiger partial charge in [-0.25, -0.2) is 9.36 Å². The van der Waals surface area contributed by atoms with Crippen LogP contribution >= 0.6 is 22.9 Å². The van der Waals surface area contributed by atoms with Gasteiger partial charge in [-0.15, -0.1) is 11.3 Å². The van der Waals surface area contributed by atoms with Crippen molar-refractivity contribution in [2.45, 2.75) is 13.5 Å². The highest BCUT2D eigenvalue weighted by atomic mass is 35.5. The molecular formula is C20H15ClN2O2S. The number of thiophene rings is 1. The quantitative estimate of drug-likeness (QED) is 0.532. The van der Waals surface area contributed by atoms with Crippen molar-refractivity contribution in [3.8, 4) is 5.69 Å². The molecule has 4 aromatic rings. The van der Waals surface area contributed by atoms with Crippen LogP contribution in [0.3, 0.4) is 0 Å². The molecule has 0 bridgehead atoms. The van der Waals surface area contributed by atoms with Crippen molar-refractivity contribution < 1.29 is 0 Å². The van der Waals surface area contributed by atoms with Crippen LogP contribution in [0.25, 0.3) is 15.9 Å². The van der Waals surface area contributed by atoms with E-state index in [0.717, 1.165) is 11.1 Å². The summed E-state index contributed by atoms with van der Waals surface area (Å²) in [6.07, 6.45) is 0. The highest BCUT2D eigenvalue weighted by molar-refractivity contribution is 7.17. The van der Waals surface area contributed by atoms with E-state index in [1.165, 1.54) is 15.9 Å². The summed E-state index contributed by atoms with van der Waals surface area (Å²) in [5.74, 6) is 0. The molecule has 0 atom stereocenters. The van der Waals surface area contributed by atoms with E-state index in [0.29, 0.717) is 27.5 Å². The minimum absolute atomic E-state index is 0.287. The molecule has 130 valence electrons. The molecule has 26 heavy (non-hydrogen) atoms. The molecule has 0 N–H and O–H groups in total. The standard InChI is InChI=1S/C20H15ClN2O2S/c1-13-6-2-5-9-16(13)23-19(24)18-17(10-11-26-18)22(20(23)25)12-14-7-3-4-8-15(14)21/h2-11H,12H2,1H3. The molecule has 0 spiro atoms. The Morgan fingerprint density at radius 3 is 2.50 bits per heavy atom. The second-order valence-corrected chi connectivity index (χ2v) is 7.35. The minimum atomic E-state index is -0.366. The van der Waals surface area contributed by atoms with Crippen molar-refractivity contribution in [2.24, 2.45) is 0 Å². The maximum Gasteiger partial charge on any atom is 0.336 e. The molecule has 0 saturated heterocycles. The molecule has 0 fully saturated rings. The van der Waals surface area contributed by atoms with Crippen LogP contribution in [-0.2, 0) is 6.54 Å². The number of halogens is 1. The number of aromatic nitrogens is 2. The second-order valence-electron chi connectivity index (χ2n) is 6.02.